The smallest absolute Gasteiger partial charge is 0.398 e. The Kier molecular flexibility index (Phi) is 6.58. The van der Waals surface area contributed by atoms with Crippen LogP contribution in [0.2, 0.25) is 0 Å². The molecule has 0 bridgehead atoms. The van der Waals surface area contributed by atoms with Gasteiger partial charge in [-0.05, 0) is 19.8 Å². The van der Waals surface area contributed by atoms with Gasteiger partial charge in [0.2, 0.25) is 0 Å². The molecule has 1 unspecified atom stereocenters. The van der Waals surface area contributed by atoms with Gasteiger partial charge in [0.1, 0.15) is 0 Å². The number of esters is 1. The third-order valence-corrected chi connectivity index (χ3v) is 3.61. The first kappa shape index (κ1) is 16.7. The van der Waals surface area contributed by atoms with Crippen molar-refractivity contribution >= 4 is 11.8 Å². The van der Waals surface area contributed by atoms with Crippen LogP contribution in [0.1, 0.15) is 19.8 Å². The van der Waals surface area contributed by atoms with E-state index in [0.29, 0.717) is 13.2 Å². The van der Waals surface area contributed by atoms with Crippen LogP contribution in [0, 0.1) is 6.57 Å². The van der Waals surface area contributed by atoms with Crippen molar-refractivity contribution in [2.75, 3.05) is 46.0 Å². The first-order chi connectivity index (χ1) is 10.8. The van der Waals surface area contributed by atoms with Crippen LogP contribution in [-0.2, 0) is 19.1 Å². The Morgan fingerprint density at radius 1 is 1.27 bits per heavy atom. The SMILES string of the molecule is [C-]#[N+]C(=NOC(N1CCCC1)N1CCOCC1)C(=O)OCC. The van der Waals surface area contributed by atoms with Gasteiger partial charge in [-0.3, -0.25) is 14.5 Å². The summed E-state index contributed by atoms with van der Waals surface area (Å²) in [5.41, 5.74) is 0. The highest BCUT2D eigenvalue weighted by atomic mass is 16.7. The molecule has 0 spiro atoms. The molecule has 0 aromatic carbocycles. The monoisotopic (exact) mass is 310 g/mol. The second-order valence-electron chi connectivity index (χ2n) is 5.07. The van der Waals surface area contributed by atoms with Crippen LogP contribution in [0.4, 0.5) is 0 Å². The molecule has 22 heavy (non-hydrogen) atoms. The second kappa shape index (κ2) is 8.68. The molecule has 2 aliphatic rings. The zero-order valence-electron chi connectivity index (χ0n) is 12.9. The van der Waals surface area contributed by atoms with E-state index in [2.05, 4.69) is 19.8 Å². The lowest BCUT2D eigenvalue weighted by atomic mass is 10.4. The van der Waals surface area contributed by atoms with Crippen molar-refractivity contribution in [2.24, 2.45) is 5.16 Å². The molecule has 2 heterocycles. The molecular formula is C14H22N4O4. The summed E-state index contributed by atoms with van der Waals surface area (Å²) in [6.45, 7) is 13.5. The molecule has 8 nitrogen and oxygen atoms in total. The van der Waals surface area contributed by atoms with E-state index >= 15 is 0 Å². The van der Waals surface area contributed by atoms with Crippen LogP contribution in [0.3, 0.4) is 0 Å². The van der Waals surface area contributed by atoms with Gasteiger partial charge in [-0.15, -0.1) is 0 Å². The van der Waals surface area contributed by atoms with Gasteiger partial charge in [-0.2, -0.15) is 0 Å². The fraction of sp³-hybridized carbons (Fsp3) is 0.786. The quantitative estimate of drug-likeness (QED) is 0.242. The lowest BCUT2D eigenvalue weighted by Crippen LogP contribution is -2.52. The van der Waals surface area contributed by atoms with Crippen LogP contribution < -0.4 is 0 Å². The summed E-state index contributed by atoms with van der Waals surface area (Å²) in [5.74, 6) is -1.13. The molecule has 0 radical (unpaired) electrons. The fourth-order valence-corrected chi connectivity index (χ4v) is 2.52. The minimum absolute atomic E-state index is 0.201. The first-order valence-corrected chi connectivity index (χ1v) is 7.60. The van der Waals surface area contributed by atoms with Crippen molar-refractivity contribution in [3.05, 3.63) is 11.4 Å². The van der Waals surface area contributed by atoms with E-state index < -0.39 is 5.97 Å². The Labute approximate surface area is 130 Å². The largest absolute Gasteiger partial charge is 0.470 e. The van der Waals surface area contributed by atoms with E-state index in [1.165, 1.54) is 0 Å². The standard InChI is InChI=1S/C14H22N4O4/c1-3-21-13(19)12(15-2)16-22-14(17-6-4-5-7-17)18-8-10-20-11-9-18/h14H,3-11H2,1H3. The van der Waals surface area contributed by atoms with Gasteiger partial charge in [-0.25, -0.2) is 4.90 Å². The lowest BCUT2D eigenvalue weighted by Gasteiger charge is -2.35. The number of hydrogen-bond donors (Lipinski definition) is 0. The topological polar surface area (TPSA) is 68.0 Å². The van der Waals surface area contributed by atoms with Crippen molar-refractivity contribution < 1.29 is 19.1 Å². The van der Waals surface area contributed by atoms with Crippen LogP contribution in [0.25, 0.3) is 4.85 Å². The fourth-order valence-electron chi connectivity index (χ4n) is 2.52. The number of ether oxygens (including phenoxy) is 2. The van der Waals surface area contributed by atoms with Crippen molar-refractivity contribution in [1.82, 2.24) is 9.80 Å². The maximum Gasteiger partial charge on any atom is 0.398 e. The predicted octanol–water partition coefficient (Wildman–Crippen LogP) is 0.510. The average molecular weight is 310 g/mol. The van der Waals surface area contributed by atoms with Gasteiger partial charge in [0.15, 0.2) is 0 Å². The minimum Gasteiger partial charge on any atom is -0.470 e. The number of nitrogens with zero attached hydrogens (tertiary/aromatic N) is 4. The van der Waals surface area contributed by atoms with Crippen molar-refractivity contribution in [1.29, 1.82) is 0 Å². The number of morpholine rings is 1. The zero-order valence-corrected chi connectivity index (χ0v) is 12.9. The molecule has 2 aliphatic heterocycles. The number of oxime groups is 1. The third kappa shape index (κ3) is 4.40. The van der Waals surface area contributed by atoms with E-state index in [4.69, 9.17) is 20.9 Å². The molecule has 2 fully saturated rings. The third-order valence-electron chi connectivity index (χ3n) is 3.61. The Balaban J connectivity index is 2.04. The molecule has 0 aliphatic carbocycles. The zero-order chi connectivity index (χ0) is 15.8. The minimum atomic E-state index is -0.750. The van der Waals surface area contributed by atoms with Gasteiger partial charge in [0, 0.05) is 26.2 Å². The summed E-state index contributed by atoms with van der Waals surface area (Å²) in [6.07, 6.45) is 1.86. The van der Waals surface area contributed by atoms with Crippen LogP contribution >= 0.6 is 0 Å². The van der Waals surface area contributed by atoms with Crippen molar-refractivity contribution in [2.45, 2.75) is 26.1 Å². The number of carbonyl (C=O) groups is 1. The van der Waals surface area contributed by atoms with Crippen LogP contribution in [0.5, 0.6) is 0 Å². The lowest BCUT2D eigenvalue weighted by molar-refractivity contribution is -0.167. The van der Waals surface area contributed by atoms with Gasteiger partial charge in [0.25, 0.3) is 6.35 Å². The summed E-state index contributed by atoms with van der Waals surface area (Å²) in [7, 11) is 0. The summed E-state index contributed by atoms with van der Waals surface area (Å²) >= 11 is 0. The average Bonchev–Trinajstić information content (AvgIpc) is 3.07. The summed E-state index contributed by atoms with van der Waals surface area (Å²) in [5, 5.41) is 3.74. The van der Waals surface area contributed by atoms with Crippen LogP contribution in [-0.4, -0.2) is 74.0 Å². The Morgan fingerprint density at radius 2 is 1.91 bits per heavy atom. The van der Waals surface area contributed by atoms with E-state index in [1.807, 2.05) is 0 Å². The molecule has 122 valence electrons. The summed E-state index contributed by atoms with van der Waals surface area (Å²) in [4.78, 5) is 24.5. The number of rotatable bonds is 5. The Morgan fingerprint density at radius 3 is 2.50 bits per heavy atom. The first-order valence-electron chi connectivity index (χ1n) is 7.60. The van der Waals surface area contributed by atoms with E-state index in [-0.39, 0.29) is 18.8 Å². The van der Waals surface area contributed by atoms with E-state index in [9.17, 15) is 4.79 Å². The second-order valence-corrected chi connectivity index (χ2v) is 5.07. The highest BCUT2D eigenvalue weighted by molar-refractivity contribution is 6.39. The van der Waals surface area contributed by atoms with Crippen LogP contribution in [0.15, 0.2) is 5.16 Å². The maximum absolute atomic E-state index is 11.6. The Bertz CT molecular complexity index is 437. The predicted molar refractivity (Wildman–Crippen MR) is 78.7 cm³/mol. The number of amidine groups is 1. The molecule has 0 saturated carbocycles. The summed E-state index contributed by atoms with van der Waals surface area (Å²) < 4.78 is 10.1. The molecule has 2 saturated heterocycles. The number of hydrogen-bond acceptors (Lipinski definition) is 7. The molecule has 0 aromatic rings. The highest BCUT2D eigenvalue weighted by Gasteiger charge is 2.32. The number of carbonyl (C=O) groups excluding carboxylic acids is 1. The maximum atomic E-state index is 11.6. The molecule has 0 aromatic heterocycles. The molecular weight excluding hydrogens is 288 g/mol. The summed E-state index contributed by atoms with van der Waals surface area (Å²) in [6, 6.07) is 0. The van der Waals surface area contributed by atoms with Crippen molar-refractivity contribution in [3.8, 4) is 0 Å². The number of likely N-dealkylation sites (tertiary alicyclic amines) is 1. The molecule has 0 amide bonds. The Hall–Kier alpha value is -1.69. The molecule has 1 atom stereocenters. The van der Waals surface area contributed by atoms with Crippen molar-refractivity contribution in [3.63, 3.8) is 0 Å². The molecule has 2 rings (SSSR count). The van der Waals surface area contributed by atoms with Gasteiger partial charge in [-0.1, -0.05) is 6.57 Å². The van der Waals surface area contributed by atoms with E-state index in [0.717, 1.165) is 39.0 Å². The molecule has 8 heteroatoms. The van der Waals surface area contributed by atoms with Gasteiger partial charge >= 0.3 is 11.8 Å². The van der Waals surface area contributed by atoms with Gasteiger partial charge < -0.3 is 14.3 Å². The highest BCUT2D eigenvalue weighted by Crippen LogP contribution is 2.17. The normalized spacial score (nSPS) is 22.1. The van der Waals surface area contributed by atoms with E-state index in [1.54, 1.807) is 6.92 Å². The van der Waals surface area contributed by atoms with Gasteiger partial charge in [0.05, 0.1) is 25.0 Å². The molecule has 0 N–H and O–H groups in total.